The van der Waals surface area contributed by atoms with Crippen LogP contribution < -0.4 is 0 Å². The van der Waals surface area contributed by atoms with E-state index < -0.39 is 5.60 Å². The average Bonchev–Trinajstić information content (AvgIpc) is 3.41. The van der Waals surface area contributed by atoms with Gasteiger partial charge in [0.25, 0.3) is 0 Å². The van der Waals surface area contributed by atoms with E-state index >= 15 is 0 Å². The summed E-state index contributed by atoms with van der Waals surface area (Å²) in [5.41, 5.74) is 0.860. The Hall–Kier alpha value is -1.38. The fourth-order valence-corrected chi connectivity index (χ4v) is 9.69. The zero-order chi connectivity index (χ0) is 24.1. The second-order valence-corrected chi connectivity index (χ2v) is 12.9. The van der Waals surface area contributed by atoms with Gasteiger partial charge in [-0.1, -0.05) is 20.8 Å². The molecule has 0 amide bonds. The van der Waals surface area contributed by atoms with Gasteiger partial charge < -0.3 is 9.84 Å². The van der Waals surface area contributed by atoms with Gasteiger partial charge in [0.15, 0.2) is 0 Å². The van der Waals surface area contributed by atoms with Crippen molar-refractivity contribution in [2.75, 3.05) is 13.2 Å². The van der Waals surface area contributed by atoms with E-state index in [0.717, 1.165) is 43.6 Å². The third-order valence-electron chi connectivity index (χ3n) is 11.4. The van der Waals surface area contributed by atoms with Crippen molar-refractivity contribution in [2.24, 2.45) is 46.3 Å². The zero-order valence-corrected chi connectivity index (χ0v) is 21.8. The van der Waals surface area contributed by atoms with Crippen molar-refractivity contribution in [3.63, 3.8) is 0 Å². The molecule has 0 aromatic carbocycles. The number of aliphatic hydroxyl groups is 1. The second kappa shape index (κ2) is 8.93. The van der Waals surface area contributed by atoms with E-state index in [4.69, 9.17) is 4.74 Å². The summed E-state index contributed by atoms with van der Waals surface area (Å²) in [4.78, 5) is 0. The van der Waals surface area contributed by atoms with Crippen LogP contribution in [0.15, 0.2) is 12.3 Å². The van der Waals surface area contributed by atoms with Crippen LogP contribution in [0.3, 0.4) is 0 Å². The molecule has 4 fully saturated rings. The van der Waals surface area contributed by atoms with E-state index in [-0.39, 0.29) is 0 Å². The van der Waals surface area contributed by atoms with Crippen molar-refractivity contribution in [3.8, 4) is 6.07 Å². The molecule has 0 bridgehead atoms. The fraction of sp³-hybridized carbons (Fsp3) is 0.862. The van der Waals surface area contributed by atoms with Gasteiger partial charge >= 0.3 is 0 Å². The molecule has 9 atom stereocenters. The molecule has 5 nitrogen and oxygen atoms in total. The second-order valence-electron chi connectivity index (χ2n) is 12.9. The van der Waals surface area contributed by atoms with E-state index in [1.54, 1.807) is 6.20 Å². The van der Waals surface area contributed by atoms with Gasteiger partial charge in [0.1, 0.15) is 11.8 Å². The van der Waals surface area contributed by atoms with Gasteiger partial charge in [0.05, 0.1) is 18.4 Å². The standard InChI is InChI=1S/C29H45N3O2/c1-5-34-19-29(33)14-13-27(3)21(16-29)6-7-23-25-9-8-24(28(25,4)12-10-26(23)27)20(2)18-32-22(17-30)11-15-31-32/h11,15,20-21,23-26,33H,5-10,12-14,16,18-19H2,1-4H3/t20-,21+,23-,24+,25-,26-,27-,28+,29+/m0/s1. The predicted molar refractivity (Wildman–Crippen MR) is 133 cm³/mol. The van der Waals surface area contributed by atoms with Gasteiger partial charge in [-0.05, 0) is 117 Å². The first-order chi connectivity index (χ1) is 16.2. The molecule has 0 radical (unpaired) electrons. The molecule has 0 aliphatic heterocycles. The van der Waals surface area contributed by atoms with Crippen LogP contribution in [0.25, 0.3) is 0 Å². The Morgan fingerprint density at radius 3 is 2.71 bits per heavy atom. The molecule has 5 heteroatoms. The molecule has 1 aromatic rings. The minimum Gasteiger partial charge on any atom is -0.387 e. The number of fused-ring (bicyclic) bond motifs is 5. The SMILES string of the molecule is CCOC[C@@]1(O)CC[C@@]2(C)[C@H](CC[C@@H]3[C@@H]2CC[C@]2(C)[C@@H]([C@@H](C)Cn4nccc4C#N)CC[C@@H]32)C1. The van der Waals surface area contributed by atoms with Crippen LogP contribution in [-0.4, -0.2) is 33.7 Å². The Morgan fingerprint density at radius 1 is 1.15 bits per heavy atom. The molecule has 5 rings (SSSR count). The fourth-order valence-electron chi connectivity index (χ4n) is 9.69. The average molecular weight is 468 g/mol. The summed E-state index contributed by atoms with van der Waals surface area (Å²) in [5.74, 6) is 4.36. The molecule has 1 N–H and O–H groups in total. The molecule has 1 heterocycles. The lowest BCUT2D eigenvalue weighted by molar-refractivity contribution is -0.166. The largest absolute Gasteiger partial charge is 0.387 e. The Labute approximate surface area is 206 Å². The Kier molecular flexibility index (Phi) is 6.39. The molecule has 4 aliphatic rings. The maximum Gasteiger partial charge on any atom is 0.138 e. The summed E-state index contributed by atoms with van der Waals surface area (Å²) < 4.78 is 7.60. The van der Waals surface area contributed by atoms with Crippen LogP contribution in [0.1, 0.15) is 91.2 Å². The van der Waals surface area contributed by atoms with Crippen LogP contribution in [0.4, 0.5) is 0 Å². The van der Waals surface area contributed by atoms with Gasteiger partial charge in [-0.2, -0.15) is 10.4 Å². The van der Waals surface area contributed by atoms with E-state index in [9.17, 15) is 10.4 Å². The number of ether oxygens (including phenoxy) is 1. The van der Waals surface area contributed by atoms with Crippen LogP contribution in [-0.2, 0) is 11.3 Å². The summed E-state index contributed by atoms with van der Waals surface area (Å²) in [6, 6.07) is 4.13. The molecule has 4 aliphatic carbocycles. The minimum atomic E-state index is -0.612. The molecule has 0 saturated heterocycles. The quantitative estimate of drug-likeness (QED) is 0.572. The highest BCUT2D eigenvalue weighted by Gasteiger charge is 2.61. The van der Waals surface area contributed by atoms with Crippen molar-refractivity contribution < 1.29 is 9.84 Å². The summed E-state index contributed by atoms with van der Waals surface area (Å²) >= 11 is 0. The number of rotatable bonds is 6. The number of nitriles is 1. The van der Waals surface area contributed by atoms with Crippen LogP contribution in [0.2, 0.25) is 0 Å². The number of aromatic nitrogens is 2. The van der Waals surface area contributed by atoms with Gasteiger partial charge in [0.2, 0.25) is 0 Å². The van der Waals surface area contributed by atoms with E-state index in [1.807, 2.05) is 17.7 Å². The van der Waals surface area contributed by atoms with Gasteiger partial charge in [-0.3, -0.25) is 4.68 Å². The molecule has 0 spiro atoms. The number of hydrogen-bond acceptors (Lipinski definition) is 4. The highest BCUT2D eigenvalue weighted by atomic mass is 16.5. The maximum absolute atomic E-state index is 11.2. The first-order valence-corrected chi connectivity index (χ1v) is 14.0. The monoisotopic (exact) mass is 467 g/mol. The van der Waals surface area contributed by atoms with Crippen molar-refractivity contribution in [2.45, 2.75) is 97.6 Å². The van der Waals surface area contributed by atoms with Gasteiger partial charge in [0, 0.05) is 13.2 Å². The summed E-state index contributed by atoms with van der Waals surface area (Å²) in [7, 11) is 0. The van der Waals surface area contributed by atoms with Gasteiger partial charge in [-0.25, -0.2) is 0 Å². The number of nitrogens with zero attached hydrogens (tertiary/aromatic N) is 3. The number of hydrogen-bond donors (Lipinski definition) is 1. The van der Waals surface area contributed by atoms with E-state index in [0.29, 0.717) is 47.5 Å². The first-order valence-electron chi connectivity index (χ1n) is 14.0. The molecule has 34 heavy (non-hydrogen) atoms. The highest BCUT2D eigenvalue weighted by molar-refractivity contribution is 5.18. The Bertz CT molecular complexity index is 923. The van der Waals surface area contributed by atoms with Crippen molar-refractivity contribution in [1.82, 2.24) is 9.78 Å². The smallest absolute Gasteiger partial charge is 0.138 e. The maximum atomic E-state index is 11.2. The molecule has 4 saturated carbocycles. The lowest BCUT2D eigenvalue weighted by atomic mass is 9.43. The van der Waals surface area contributed by atoms with E-state index in [2.05, 4.69) is 31.9 Å². The molecular weight excluding hydrogens is 422 g/mol. The molecule has 1 aromatic heterocycles. The van der Waals surface area contributed by atoms with E-state index in [1.165, 1.54) is 38.5 Å². The first kappa shape index (κ1) is 24.3. The Balaban J connectivity index is 1.30. The molecule has 188 valence electrons. The lowest BCUT2D eigenvalue weighted by Gasteiger charge is -2.62. The normalized spacial score (nSPS) is 44.5. The van der Waals surface area contributed by atoms with Crippen molar-refractivity contribution in [3.05, 3.63) is 18.0 Å². The van der Waals surface area contributed by atoms with Crippen LogP contribution in [0, 0.1) is 57.7 Å². The summed E-state index contributed by atoms with van der Waals surface area (Å²) in [5, 5.41) is 25.1. The minimum absolute atomic E-state index is 0.378. The topological polar surface area (TPSA) is 71.1 Å². The summed E-state index contributed by atoms with van der Waals surface area (Å²) in [6.07, 6.45) is 12.7. The third kappa shape index (κ3) is 3.84. The molecular formula is C29H45N3O2. The Morgan fingerprint density at radius 2 is 1.94 bits per heavy atom. The third-order valence-corrected chi connectivity index (χ3v) is 11.4. The van der Waals surface area contributed by atoms with Crippen LogP contribution in [0.5, 0.6) is 0 Å². The lowest BCUT2D eigenvalue weighted by Crippen LogP contribution is -2.56. The van der Waals surface area contributed by atoms with Gasteiger partial charge in [-0.15, -0.1) is 0 Å². The highest BCUT2D eigenvalue weighted by Crippen LogP contribution is 2.68. The van der Waals surface area contributed by atoms with Crippen molar-refractivity contribution in [1.29, 1.82) is 5.26 Å². The molecule has 0 unspecified atom stereocenters. The predicted octanol–water partition coefficient (Wildman–Crippen LogP) is 5.82. The van der Waals surface area contributed by atoms with Crippen molar-refractivity contribution >= 4 is 0 Å². The summed E-state index contributed by atoms with van der Waals surface area (Å²) in [6.45, 7) is 11.6. The van der Waals surface area contributed by atoms with Crippen LogP contribution >= 0.6 is 0 Å². The zero-order valence-electron chi connectivity index (χ0n) is 21.8.